The maximum absolute atomic E-state index is 11.3. The predicted octanol–water partition coefficient (Wildman–Crippen LogP) is 0.942. The zero-order valence-electron chi connectivity index (χ0n) is 11.6. The Balaban J connectivity index is 2.31. The molecule has 0 amide bonds. The van der Waals surface area contributed by atoms with Crippen LogP contribution in [0.15, 0.2) is 0 Å². The maximum Gasteiger partial charge on any atom is 0.323 e. The Hall–Kier alpha value is -0.650. The zero-order chi connectivity index (χ0) is 13.4. The van der Waals surface area contributed by atoms with Crippen LogP contribution in [-0.2, 0) is 9.53 Å². The third kappa shape index (κ3) is 4.92. The third-order valence-electron chi connectivity index (χ3n) is 3.50. The summed E-state index contributed by atoms with van der Waals surface area (Å²) in [4.78, 5) is 13.6. The Labute approximate surface area is 109 Å². The normalized spacial score (nSPS) is 21.2. The number of aliphatic carboxylic acids is 1. The zero-order valence-corrected chi connectivity index (χ0v) is 11.6. The van der Waals surface area contributed by atoms with Crippen LogP contribution in [0.25, 0.3) is 0 Å². The Morgan fingerprint density at radius 3 is 2.89 bits per heavy atom. The standard InChI is InChI=1S/C13H26N2O3/c1-3-14-13(2,12(16)17)6-4-7-15-8-5-10-18-11-9-15/h14H,3-11H2,1-2H3,(H,16,17). The monoisotopic (exact) mass is 258 g/mol. The number of carboxylic acids is 1. The van der Waals surface area contributed by atoms with Crippen molar-refractivity contribution in [1.29, 1.82) is 0 Å². The molecule has 0 bridgehead atoms. The van der Waals surface area contributed by atoms with Gasteiger partial charge in [0.15, 0.2) is 0 Å². The molecule has 1 aliphatic rings. The highest BCUT2D eigenvalue weighted by Crippen LogP contribution is 2.13. The minimum Gasteiger partial charge on any atom is -0.480 e. The second-order valence-corrected chi connectivity index (χ2v) is 5.08. The summed E-state index contributed by atoms with van der Waals surface area (Å²) < 4.78 is 5.40. The van der Waals surface area contributed by atoms with Crippen molar-refractivity contribution in [3.63, 3.8) is 0 Å². The number of hydrogen-bond donors (Lipinski definition) is 2. The van der Waals surface area contributed by atoms with Crippen molar-refractivity contribution in [2.24, 2.45) is 0 Å². The summed E-state index contributed by atoms with van der Waals surface area (Å²) >= 11 is 0. The van der Waals surface area contributed by atoms with E-state index in [1.807, 2.05) is 6.92 Å². The van der Waals surface area contributed by atoms with Crippen LogP contribution in [0.2, 0.25) is 0 Å². The van der Waals surface area contributed by atoms with E-state index in [-0.39, 0.29) is 0 Å². The fourth-order valence-electron chi connectivity index (χ4n) is 2.34. The lowest BCUT2D eigenvalue weighted by atomic mass is 9.95. The smallest absolute Gasteiger partial charge is 0.323 e. The van der Waals surface area contributed by atoms with Crippen molar-refractivity contribution in [3.8, 4) is 0 Å². The fraction of sp³-hybridized carbons (Fsp3) is 0.923. The average Bonchev–Trinajstić information content (AvgIpc) is 2.58. The number of nitrogens with one attached hydrogen (secondary N) is 1. The first kappa shape index (κ1) is 15.4. The van der Waals surface area contributed by atoms with Crippen molar-refractivity contribution in [1.82, 2.24) is 10.2 Å². The fourth-order valence-corrected chi connectivity index (χ4v) is 2.34. The van der Waals surface area contributed by atoms with Gasteiger partial charge in [-0.15, -0.1) is 0 Å². The lowest BCUT2D eigenvalue weighted by molar-refractivity contribution is -0.144. The van der Waals surface area contributed by atoms with Crippen LogP contribution in [0.1, 0.15) is 33.1 Å². The highest BCUT2D eigenvalue weighted by Gasteiger charge is 2.31. The molecule has 0 spiro atoms. The lowest BCUT2D eigenvalue weighted by Crippen LogP contribution is -2.49. The number of carboxylic acid groups (broad SMARTS) is 1. The number of nitrogens with zero attached hydrogens (tertiary/aromatic N) is 1. The van der Waals surface area contributed by atoms with Crippen LogP contribution in [-0.4, -0.2) is 60.9 Å². The van der Waals surface area contributed by atoms with Gasteiger partial charge in [-0.1, -0.05) is 6.92 Å². The second kappa shape index (κ2) is 7.71. The van der Waals surface area contributed by atoms with Crippen molar-refractivity contribution < 1.29 is 14.6 Å². The summed E-state index contributed by atoms with van der Waals surface area (Å²) in [6.45, 7) is 9.01. The van der Waals surface area contributed by atoms with E-state index < -0.39 is 11.5 Å². The van der Waals surface area contributed by atoms with Gasteiger partial charge in [0.2, 0.25) is 0 Å². The Morgan fingerprint density at radius 1 is 1.44 bits per heavy atom. The molecule has 1 aliphatic heterocycles. The van der Waals surface area contributed by atoms with Gasteiger partial charge in [0.05, 0.1) is 6.61 Å². The SMILES string of the molecule is CCNC(C)(CCCN1CCCOCC1)C(=O)O. The van der Waals surface area contributed by atoms with Gasteiger partial charge >= 0.3 is 5.97 Å². The van der Waals surface area contributed by atoms with Gasteiger partial charge in [0.1, 0.15) is 5.54 Å². The summed E-state index contributed by atoms with van der Waals surface area (Å²) in [5.74, 6) is -0.761. The van der Waals surface area contributed by atoms with Crippen LogP contribution >= 0.6 is 0 Å². The van der Waals surface area contributed by atoms with E-state index in [1.54, 1.807) is 6.92 Å². The maximum atomic E-state index is 11.3. The van der Waals surface area contributed by atoms with Gasteiger partial charge in [0, 0.05) is 19.7 Å². The van der Waals surface area contributed by atoms with Gasteiger partial charge in [-0.2, -0.15) is 0 Å². The summed E-state index contributed by atoms with van der Waals surface area (Å²) in [6.07, 6.45) is 2.63. The molecule has 1 rings (SSSR count). The molecule has 5 heteroatoms. The number of ether oxygens (including phenoxy) is 1. The van der Waals surface area contributed by atoms with Gasteiger partial charge in [0.25, 0.3) is 0 Å². The molecule has 1 fully saturated rings. The number of carbonyl (C=O) groups is 1. The van der Waals surface area contributed by atoms with E-state index in [2.05, 4.69) is 10.2 Å². The van der Waals surface area contributed by atoms with Gasteiger partial charge in [-0.25, -0.2) is 0 Å². The lowest BCUT2D eigenvalue weighted by Gasteiger charge is -2.27. The first-order valence-corrected chi connectivity index (χ1v) is 6.87. The molecule has 106 valence electrons. The van der Waals surface area contributed by atoms with Crippen LogP contribution in [0.3, 0.4) is 0 Å². The number of likely N-dealkylation sites (N-methyl/N-ethyl adjacent to an activating group) is 1. The van der Waals surface area contributed by atoms with Gasteiger partial charge in [-0.3, -0.25) is 4.79 Å². The van der Waals surface area contributed by atoms with Gasteiger partial charge in [-0.05, 0) is 39.3 Å². The number of hydrogen-bond acceptors (Lipinski definition) is 4. The molecule has 0 aromatic rings. The Morgan fingerprint density at radius 2 is 2.22 bits per heavy atom. The molecular weight excluding hydrogens is 232 g/mol. The molecule has 5 nitrogen and oxygen atoms in total. The van der Waals surface area contributed by atoms with Crippen molar-refractivity contribution in [2.75, 3.05) is 39.4 Å². The summed E-state index contributed by atoms with van der Waals surface area (Å²) in [7, 11) is 0. The van der Waals surface area contributed by atoms with E-state index in [4.69, 9.17) is 4.74 Å². The van der Waals surface area contributed by atoms with Crippen LogP contribution in [0.4, 0.5) is 0 Å². The van der Waals surface area contributed by atoms with E-state index in [0.717, 1.165) is 45.7 Å². The molecule has 0 radical (unpaired) electrons. The predicted molar refractivity (Wildman–Crippen MR) is 70.8 cm³/mol. The minimum atomic E-state index is -0.795. The second-order valence-electron chi connectivity index (χ2n) is 5.08. The highest BCUT2D eigenvalue weighted by atomic mass is 16.5. The molecule has 1 heterocycles. The molecule has 0 aromatic heterocycles. The third-order valence-corrected chi connectivity index (χ3v) is 3.50. The molecule has 1 atom stereocenters. The summed E-state index contributed by atoms with van der Waals surface area (Å²) in [5.41, 5.74) is -0.795. The minimum absolute atomic E-state index is 0.660. The van der Waals surface area contributed by atoms with Crippen LogP contribution < -0.4 is 5.32 Å². The Bertz CT molecular complexity index is 253. The average molecular weight is 258 g/mol. The molecule has 2 N–H and O–H groups in total. The molecule has 0 aromatic carbocycles. The van der Waals surface area contributed by atoms with Crippen molar-refractivity contribution in [3.05, 3.63) is 0 Å². The molecule has 1 saturated heterocycles. The molecule has 0 saturated carbocycles. The molecular formula is C13H26N2O3. The van der Waals surface area contributed by atoms with Crippen LogP contribution in [0, 0.1) is 0 Å². The highest BCUT2D eigenvalue weighted by molar-refractivity contribution is 5.78. The largest absolute Gasteiger partial charge is 0.480 e. The summed E-state index contributed by atoms with van der Waals surface area (Å²) in [5, 5.41) is 12.3. The number of rotatable bonds is 7. The van der Waals surface area contributed by atoms with Crippen molar-refractivity contribution in [2.45, 2.75) is 38.6 Å². The van der Waals surface area contributed by atoms with E-state index in [1.165, 1.54) is 0 Å². The van der Waals surface area contributed by atoms with E-state index in [9.17, 15) is 9.90 Å². The van der Waals surface area contributed by atoms with Crippen molar-refractivity contribution >= 4 is 5.97 Å². The first-order chi connectivity index (χ1) is 8.58. The van der Waals surface area contributed by atoms with E-state index >= 15 is 0 Å². The Kier molecular flexibility index (Phi) is 6.60. The topological polar surface area (TPSA) is 61.8 Å². The van der Waals surface area contributed by atoms with E-state index in [0.29, 0.717) is 13.0 Å². The quantitative estimate of drug-likeness (QED) is 0.711. The van der Waals surface area contributed by atoms with Crippen LogP contribution in [0.5, 0.6) is 0 Å². The first-order valence-electron chi connectivity index (χ1n) is 6.87. The molecule has 1 unspecified atom stereocenters. The summed E-state index contributed by atoms with van der Waals surface area (Å²) in [6, 6.07) is 0. The van der Waals surface area contributed by atoms with Gasteiger partial charge < -0.3 is 20.1 Å². The molecule has 18 heavy (non-hydrogen) atoms. The molecule has 0 aliphatic carbocycles.